The summed E-state index contributed by atoms with van der Waals surface area (Å²) in [5.74, 6) is 0.455. The van der Waals surface area contributed by atoms with Crippen molar-refractivity contribution in [2.75, 3.05) is 13.4 Å². The van der Waals surface area contributed by atoms with Crippen LogP contribution in [0.2, 0.25) is 0 Å². The van der Waals surface area contributed by atoms with E-state index in [0.29, 0.717) is 11.5 Å². The molecular formula is C11H11NO5. The third kappa shape index (κ3) is 3.10. The topological polar surface area (TPSA) is 77.4 Å². The van der Waals surface area contributed by atoms with Crippen LogP contribution < -0.4 is 9.47 Å². The van der Waals surface area contributed by atoms with Crippen LogP contribution in [0.1, 0.15) is 12.0 Å². The zero-order valence-electron chi connectivity index (χ0n) is 8.96. The molecule has 0 aromatic heterocycles. The highest BCUT2D eigenvalue weighted by molar-refractivity contribution is 5.80. The van der Waals surface area contributed by atoms with E-state index in [1.165, 1.54) is 6.21 Å². The summed E-state index contributed by atoms with van der Waals surface area (Å²) >= 11 is 0. The van der Waals surface area contributed by atoms with Crippen LogP contribution in [0.25, 0.3) is 0 Å². The van der Waals surface area contributed by atoms with Crippen molar-refractivity contribution in [3.8, 4) is 11.5 Å². The van der Waals surface area contributed by atoms with Crippen molar-refractivity contribution in [1.29, 1.82) is 0 Å². The maximum absolute atomic E-state index is 10.2. The molecule has 0 bridgehead atoms. The van der Waals surface area contributed by atoms with E-state index in [4.69, 9.17) is 19.4 Å². The maximum atomic E-state index is 10.2. The monoisotopic (exact) mass is 237 g/mol. The SMILES string of the molecule is O=C(O)CCO/N=C/c1ccc2c(c1)OCO2. The van der Waals surface area contributed by atoms with Gasteiger partial charge in [-0.2, -0.15) is 0 Å². The zero-order chi connectivity index (χ0) is 12.1. The molecule has 0 saturated heterocycles. The first-order chi connectivity index (χ1) is 8.25. The number of carbonyl (C=O) groups is 1. The Morgan fingerprint density at radius 3 is 3.12 bits per heavy atom. The Morgan fingerprint density at radius 1 is 1.47 bits per heavy atom. The van der Waals surface area contributed by atoms with Gasteiger partial charge in [-0.15, -0.1) is 0 Å². The number of nitrogens with zero attached hydrogens (tertiary/aromatic N) is 1. The molecule has 0 radical (unpaired) electrons. The first kappa shape index (κ1) is 11.3. The molecule has 2 rings (SSSR count). The van der Waals surface area contributed by atoms with Gasteiger partial charge in [-0.25, -0.2) is 0 Å². The van der Waals surface area contributed by atoms with Gasteiger partial charge in [-0.3, -0.25) is 4.79 Å². The number of rotatable bonds is 5. The molecule has 0 atom stereocenters. The minimum atomic E-state index is -0.914. The molecule has 1 aliphatic heterocycles. The van der Waals surface area contributed by atoms with Gasteiger partial charge in [0.15, 0.2) is 11.5 Å². The summed E-state index contributed by atoms with van der Waals surface area (Å²) in [5, 5.41) is 12.0. The molecule has 1 aromatic rings. The van der Waals surface area contributed by atoms with Gasteiger partial charge in [-0.1, -0.05) is 5.16 Å². The lowest BCUT2D eigenvalue weighted by Crippen LogP contribution is -1.99. The molecule has 1 aromatic carbocycles. The van der Waals surface area contributed by atoms with Crippen LogP contribution in [0.3, 0.4) is 0 Å². The average molecular weight is 237 g/mol. The standard InChI is InChI=1S/C11H11NO5/c13-11(14)3-4-17-12-6-8-1-2-9-10(5-8)16-7-15-9/h1-2,5-6H,3-4,7H2,(H,13,14)/b12-6+. The van der Waals surface area contributed by atoms with Gasteiger partial charge >= 0.3 is 5.97 Å². The summed E-state index contributed by atoms with van der Waals surface area (Å²) in [6.45, 7) is 0.279. The maximum Gasteiger partial charge on any atom is 0.306 e. The summed E-state index contributed by atoms with van der Waals surface area (Å²) in [6, 6.07) is 5.35. The van der Waals surface area contributed by atoms with Crippen molar-refractivity contribution in [3.63, 3.8) is 0 Å². The molecule has 17 heavy (non-hydrogen) atoms. The summed E-state index contributed by atoms with van der Waals surface area (Å²) in [6.07, 6.45) is 1.42. The summed E-state index contributed by atoms with van der Waals surface area (Å²) < 4.78 is 10.4. The third-order valence-corrected chi connectivity index (χ3v) is 2.08. The van der Waals surface area contributed by atoms with Crippen LogP contribution in [0.5, 0.6) is 11.5 Å². The van der Waals surface area contributed by atoms with E-state index in [1.54, 1.807) is 18.2 Å². The first-order valence-corrected chi connectivity index (χ1v) is 5.02. The highest BCUT2D eigenvalue weighted by Crippen LogP contribution is 2.31. The van der Waals surface area contributed by atoms with E-state index in [2.05, 4.69) is 5.16 Å². The van der Waals surface area contributed by atoms with Crippen LogP contribution in [-0.2, 0) is 9.63 Å². The molecule has 6 heteroatoms. The van der Waals surface area contributed by atoms with Crippen molar-refractivity contribution in [3.05, 3.63) is 23.8 Å². The van der Waals surface area contributed by atoms with Gasteiger partial charge < -0.3 is 19.4 Å². The lowest BCUT2D eigenvalue weighted by atomic mass is 10.2. The number of aliphatic carboxylic acids is 1. The van der Waals surface area contributed by atoms with E-state index >= 15 is 0 Å². The number of benzene rings is 1. The fraction of sp³-hybridized carbons (Fsp3) is 0.273. The van der Waals surface area contributed by atoms with E-state index in [0.717, 1.165) is 5.56 Å². The molecular weight excluding hydrogens is 226 g/mol. The van der Waals surface area contributed by atoms with Crippen LogP contribution in [0.15, 0.2) is 23.4 Å². The molecule has 1 heterocycles. The number of hydrogen-bond donors (Lipinski definition) is 1. The van der Waals surface area contributed by atoms with Crippen molar-refractivity contribution < 1.29 is 24.2 Å². The number of hydrogen-bond acceptors (Lipinski definition) is 5. The fourth-order valence-electron chi connectivity index (χ4n) is 1.28. The molecule has 90 valence electrons. The van der Waals surface area contributed by atoms with Crippen LogP contribution >= 0.6 is 0 Å². The molecule has 1 aliphatic rings. The third-order valence-electron chi connectivity index (χ3n) is 2.08. The Bertz CT molecular complexity index is 443. The molecule has 0 spiro atoms. The van der Waals surface area contributed by atoms with Gasteiger partial charge in [0, 0.05) is 5.56 Å². The van der Waals surface area contributed by atoms with Crippen LogP contribution in [-0.4, -0.2) is 30.7 Å². The number of fused-ring (bicyclic) bond motifs is 1. The van der Waals surface area contributed by atoms with E-state index in [-0.39, 0.29) is 19.8 Å². The smallest absolute Gasteiger partial charge is 0.306 e. The van der Waals surface area contributed by atoms with Crippen molar-refractivity contribution >= 4 is 12.2 Å². The molecule has 0 amide bonds. The molecule has 0 aliphatic carbocycles. The Kier molecular flexibility index (Phi) is 3.44. The molecule has 1 N–H and O–H groups in total. The highest BCUT2D eigenvalue weighted by Gasteiger charge is 2.12. The Morgan fingerprint density at radius 2 is 2.29 bits per heavy atom. The molecule has 0 saturated carbocycles. The second-order valence-corrected chi connectivity index (χ2v) is 3.32. The number of carboxylic acids is 1. The second kappa shape index (κ2) is 5.20. The number of ether oxygens (including phenoxy) is 2. The van der Waals surface area contributed by atoms with Gasteiger partial charge in [0.25, 0.3) is 0 Å². The Hall–Kier alpha value is -2.24. The predicted octanol–water partition coefficient (Wildman–Crippen LogP) is 1.24. The van der Waals surface area contributed by atoms with E-state index in [9.17, 15) is 4.79 Å². The predicted molar refractivity (Wildman–Crippen MR) is 58.4 cm³/mol. The van der Waals surface area contributed by atoms with E-state index in [1.807, 2.05) is 0 Å². The highest BCUT2D eigenvalue weighted by atomic mass is 16.7. The normalized spacial score (nSPS) is 12.9. The summed E-state index contributed by atoms with van der Waals surface area (Å²) in [4.78, 5) is 15.0. The van der Waals surface area contributed by atoms with Crippen molar-refractivity contribution in [1.82, 2.24) is 0 Å². The van der Waals surface area contributed by atoms with Crippen LogP contribution in [0.4, 0.5) is 0 Å². The second-order valence-electron chi connectivity index (χ2n) is 3.32. The van der Waals surface area contributed by atoms with Gasteiger partial charge in [0.1, 0.15) is 6.61 Å². The van der Waals surface area contributed by atoms with E-state index < -0.39 is 5.97 Å². The van der Waals surface area contributed by atoms with Crippen molar-refractivity contribution in [2.45, 2.75) is 6.42 Å². The zero-order valence-corrected chi connectivity index (χ0v) is 8.96. The first-order valence-electron chi connectivity index (χ1n) is 5.02. The fourth-order valence-corrected chi connectivity index (χ4v) is 1.28. The Balaban J connectivity index is 1.86. The van der Waals surface area contributed by atoms with Gasteiger partial charge in [0.2, 0.25) is 6.79 Å². The van der Waals surface area contributed by atoms with Crippen molar-refractivity contribution in [2.24, 2.45) is 5.16 Å². The molecule has 0 unspecified atom stereocenters. The summed E-state index contributed by atoms with van der Waals surface area (Å²) in [5.41, 5.74) is 0.796. The van der Waals surface area contributed by atoms with Crippen LogP contribution in [0, 0.1) is 0 Å². The van der Waals surface area contributed by atoms with Gasteiger partial charge in [0.05, 0.1) is 12.6 Å². The quantitative estimate of drug-likeness (QED) is 0.473. The summed E-state index contributed by atoms with van der Waals surface area (Å²) in [7, 11) is 0. The minimum Gasteiger partial charge on any atom is -0.481 e. The number of carboxylic acid groups (broad SMARTS) is 1. The minimum absolute atomic E-state index is 0.0520. The lowest BCUT2D eigenvalue weighted by Gasteiger charge is -1.97. The largest absolute Gasteiger partial charge is 0.481 e. The molecule has 6 nitrogen and oxygen atoms in total. The van der Waals surface area contributed by atoms with Gasteiger partial charge in [-0.05, 0) is 18.2 Å². The number of oxime groups is 1. The average Bonchev–Trinajstić information content (AvgIpc) is 2.75. The lowest BCUT2D eigenvalue weighted by molar-refractivity contribution is -0.138. The molecule has 0 fully saturated rings. The Labute approximate surface area is 97.4 Å².